The van der Waals surface area contributed by atoms with Crippen LogP contribution in [0.5, 0.6) is 0 Å². The molecule has 0 saturated heterocycles. The van der Waals surface area contributed by atoms with Gasteiger partial charge in [0.15, 0.2) is 0 Å². The van der Waals surface area contributed by atoms with Gasteiger partial charge in [0.25, 0.3) is 0 Å². The Morgan fingerprint density at radius 1 is 1.03 bits per heavy atom. The van der Waals surface area contributed by atoms with Crippen LogP contribution >= 0.6 is 0 Å². The summed E-state index contributed by atoms with van der Waals surface area (Å²) in [6.45, 7) is 10.1. The highest BCUT2D eigenvalue weighted by atomic mass is 32.2. The Kier molecular flexibility index (Phi) is 5.70. The third-order valence-electron chi connectivity index (χ3n) is 5.12. The van der Waals surface area contributed by atoms with Gasteiger partial charge in [-0.15, -0.1) is 0 Å². The Hall–Kier alpha value is -2.44. The number of rotatable bonds is 5. The number of benzene rings is 2. The number of aryl methyl sites for hydroxylation is 3. The lowest BCUT2D eigenvalue weighted by Gasteiger charge is -2.24. The van der Waals surface area contributed by atoms with Gasteiger partial charge in [-0.2, -0.15) is 4.72 Å². The van der Waals surface area contributed by atoms with Crippen molar-refractivity contribution in [3.05, 3.63) is 82.9 Å². The van der Waals surface area contributed by atoms with Gasteiger partial charge in [0.2, 0.25) is 10.0 Å². The third-order valence-corrected chi connectivity index (χ3v) is 6.85. The van der Waals surface area contributed by atoms with E-state index in [0.29, 0.717) is 10.7 Å². The molecule has 0 amide bonds. The standard InChI is InChI=1S/C23H29N3O2S/c1-16-14-19(23(3,4)5)15-17(2)21(16)29(27,28)25-20(18-10-8-7-9-11-18)22-24-12-13-26(22)6/h7-15,20,25H,1-6H3. The molecule has 29 heavy (non-hydrogen) atoms. The molecule has 0 aliphatic heterocycles. The first-order chi connectivity index (χ1) is 13.5. The molecule has 1 N–H and O–H groups in total. The van der Waals surface area contributed by atoms with Crippen molar-refractivity contribution < 1.29 is 8.42 Å². The van der Waals surface area contributed by atoms with Gasteiger partial charge in [-0.25, -0.2) is 13.4 Å². The summed E-state index contributed by atoms with van der Waals surface area (Å²) in [7, 11) is -1.92. The van der Waals surface area contributed by atoms with Crippen LogP contribution in [0.2, 0.25) is 0 Å². The van der Waals surface area contributed by atoms with E-state index in [1.54, 1.807) is 6.20 Å². The van der Waals surface area contributed by atoms with Crippen molar-refractivity contribution in [3.63, 3.8) is 0 Å². The minimum Gasteiger partial charge on any atom is -0.336 e. The summed E-state index contributed by atoms with van der Waals surface area (Å²) in [6.07, 6.45) is 3.49. The fourth-order valence-corrected chi connectivity index (χ4v) is 5.23. The molecule has 0 fully saturated rings. The van der Waals surface area contributed by atoms with Gasteiger partial charge >= 0.3 is 0 Å². The molecule has 3 aromatic rings. The summed E-state index contributed by atoms with van der Waals surface area (Å²) in [5, 5.41) is 0. The van der Waals surface area contributed by atoms with E-state index in [4.69, 9.17) is 0 Å². The molecular weight excluding hydrogens is 382 g/mol. The van der Waals surface area contributed by atoms with Crippen molar-refractivity contribution in [1.82, 2.24) is 14.3 Å². The van der Waals surface area contributed by atoms with Crippen molar-refractivity contribution in [1.29, 1.82) is 0 Å². The minimum absolute atomic E-state index is 0.0508. The molecule has 0 spiro atoms. The van der Waals surface area contributed by atoms with Crippen LogP contribution in [0.15, 0.2) is 59.8 Å². The molecule has 2 aromatic carbocycles. The smallest absolute Gasteiger partial charge is 0.242 e. The molecule has 1 atom stereocenters. The molecule has 1 unspecified atom stereocenters. The lowest BCUT2D eigenvalue weighted by Crippen LogP contribution is -2.32. The van der Waals surface area contributed by atoms with Gasteiger partial charge in [-0.05, 0) is 41.5 Å². The van der Waals surface area contributed by atoms with Gasteiger partial charge in [0.1, 0.15) is 11.9 Å². The van der Waals surface area contributed by atoms with Crippen molar-refractivity contribution in [2.24, 2.45) is 7.05 Å². The number of imidazole rings is 1. The molecule has 3 rings (SSSR count). The van der Waals surface area contributed by atoms with Gasteiger partial charge in [-0.1, -0.05) is 63.2 Å². The van der Waals surface area contributed by atoms with E-state index in [2.05, 4.69) is 30.5 Å². The summed E-state index contributed by atoms with van der Waals surface area (Å²) in [6, 6.07) is 12.9. The van der Waals surface area contributed by atoms with E-state index < -0.39 is 16.1 Å². The molecule has 0 saturated carbocycles. The number of sulfonamides is 1. The molecule has 0 bridgehead atoms. The van der Waals surface area contributed by atoms with Crippen LogP contribution in [0.4, 0.5) is 0 Å². The lowest BCUT2D eigenvalue weighted by molar-refractivity contribution is 0.560. The monoisotopic (exact) mass is 411 g/mol. The highest BCUT2D eigenvalue weighted by molar-refractivity contribution is 7.89. The zero-order valence-corrected chi connectivity index (χ0v) is 18.7. The average molecular weight is 412 g/mol. The Balaban J connectivity index is 2.08. The van der Waals surface area contributed by atoms with Crippen LogP contribution < -0.4 is 4.72 Å². The lowest BCUT2D eigenvalue weighted by atomic mass is 9.85. The Morgan fingerprint density at radius 2 is 1.62 bits per heavy atom. The molecule has 1 heterocycles. The molecule has 1 aromatic heterocycles. The molecular formula is C23H29N3O2S. The maximum Gasteiger partial charge on any atom is 0.242 e. The summed E-state index contributed by atoms with van der Waals surface area (Å²) in [4.78, 5) is 4.73. The summed E-state index contributed by atoms with van der Waals surface area (Å²) in [5.74, 6) is 0.640. The number of hydrogen-bond donors (Lipinski definition) is 1. The summed E-state index contributed by atoms with van der Waals surface area (Å²) < 4.78 is 31.7. The molecule has 154 valence electrons. The van der Waals surface area contributed by atoms with Crippen molar-refractivity contribution >= 4 is 10.0 Å². The third kappa shape index (κ3) is 4.43. The number of nitrogens with one attached hydrogen (secondary N) is 1. The quantitative estimate of drug-likeness (QED) is 0.677. The minimum atomic E-state index is -3.78. The summed E-state index contributed by atoms with van der Waals surface area (Å²) in [5.41, 5.74) is 3.40. The molecule has 6 heteroatoms. The topological polar surface area (TPSA) is 64.0 Å². The number of nitrogens with zero attached hydrogens (tertiary/aromatic N) is 2. The molecule has 0 aliphatic rings. The first kappa shape index (κ1) is 21.3. The Labute approximate surface area is 173 Å². The molecule has 0 aliphatic carbocycles. The van der Waals surface area contributed by atoms with Crippen LogP contribution in [0.1, 0.15) is 54.9 Å². The summed E-state index contributed by atoms with van der Waals surface area (Å²) >= 11 is 0. The van der Waals surface area contributed by atoms with Crippen molar-refractivity contribution in [2.45, 2.75) is 51.0 Å². The fraction of sp³-hybridized carbons (Fsp3) is 0.348. The van der Waals surface area contributed by atoms with Gasteiger partial charge < -0.3 is 4.57 Å². The normalized spacial score (nSPS) is 13.4. The second-order valence-electron chi connectivity index (χ2n) is 8.55. The predicted octanol–water partition coefficient (Wildman–Crippen LogP) is 4.40. The van der Waals surface area contributed by atoms with Gasteiger partial charge in [0.05, 0.1) is 4.90 Å². The van der Waals surface area contributed by atoms with E-state index in [-0.39, 0.29) is 5.41 Å². The average Bonchev–Trinajstić information content (AvgIpc) is 3.04. The van der Waals surface area contributed by atoms with E-state index in [0.717, 1.165) is 22.3 Å². The Morgan fingerprint density at radius 3 is 2.10 bits per heavy atom. The molecule has 0 radical (unpaired) electrons. The highest BCUT2D eigenvalue weighted by Gasteiger charge is 2.29. The van der Waals surface area contributed by atoms with E-state index in [1.807, 2.05) is 74.1 Å². The van der Waals surface area contributed by atoms with Crippen LogP contribution in [-0.2, 0) is 22.5 Å². The number of aromatic nitrogens is 2. The zero-order chi connectivity index (χ0) is 21.4. The largest absolute Gasteiger partial charge is 0.336 e. The second-order valence-corrected chi connectivity index (χ2v) is 10.2. The second kappa shape index (κ2) is 7.76. The van der Waals surface area contributed by atoms with Crippen molar-refractivity contribution in [2.75, 3.05) is 0 Å². The van der Waals surface area contributed by atoms with Gasteiger partial charge in [-0.3, -0.25) is 0 Å². The highest BCUT2D eigenvalue weighted by Crippen LogP contribution is 2.31. The van der Waals surface area contributed by atoms with Crippen LogP contribution in [0, 0.1) is 13.8 Å². The maximum absolute atomic E-state index is 13.5. The van der Waals surface area contributed by atoms with Crippen LogP contribution in [0.25, 0.3) is 0 Å². The zero-order valence-electron chi connectivity index (χ0n) is 17.9. The SMILES string of the molecule is Cc1cc(C(C)(C)C)cc(C)c1S(=O)(=O)NC(c1ccccc1)c1nccn1C. The Bertz CT molecular complexity index is 1090. The maximum atomic E-state index is 13.5. The van der Waals surface area contributed by atoms with Gasteiger partial charge in [0, 0.05) is 19.4 Å². The first-order valence-corrected chi connectivity index (χ1v) is 11.2. The van der Waals surface area contributed by atoms with E-state index in [1.165, 1.54) is 0 Å². The first-order valence-electron chi connectivity index (χ1n) is 9.67. The van der Waals surface area contributed by atoms with Crippen LogP contribution in [-0.4, -0.2) is 18.0 Å². The van der Waals surface area contributed by atoms with E-state index in [9.17, 15) is 8.42 Å². The van der Waals surface area contributed by atoms with E-state index >= 15 is 0 Å². The van der Waals surface area contributed by atoms with Crippen LogP contribution in [0.3, 0.4) is 0 Å². The fourth-order valence-electron chi connectivity index (χ4n) is 3.59. The van der Waals surface area contributed by atoms with Crippen molar-refractivity contribution in [3.8, 4) is 0 Å². The number of hydrogen-bond acceptors (Lipinski definition) is 3. The predicted molar refractivity (Wildman–Crippen MR) is 116 cm³/mol. The molecule has 5 nitrogen and oxygen atoms in total.